The van der Waals surface area contributed by atoms with Gasteiger partial charge in [0, 0.05) is 32.2 Å². The van der Waals surface area contributed by atoms with Gasteiger partial charge in [-0.05, 0) is 63.9 Å². The Kier molecular flexibility index (Phi) is 6.80. The summed E-state index contributed by atoms with van der Waals surface area (Å²) in [7, 11) is 3.54. The number of carbonyl (C=O) groups excluding carboxylic acids is 2. The summed E-state index contributed by atoms with van der Waals surface area (Å²) in [5.74, 6) is -0.0636. The van der Waals surface area contributed by atoms with Gasteiger partial charge >= 0.3 is 6.09 Å². The Bertz CT molecular complexity index is 971. The zero-order valence-corrected chi connectivity index (χ0v) is 19.6. The molecule has 0 saturated heterocycles. The number of fused-ring (bicyclic) bond motifs is 2. The Hall–Kier alpha value is -2.73. The normalized spacial score (nSPS) is 13.4. The number of nitrogens with zero attached hydrogens (tertiary/aromatic N) is 3. The molecule has 0 aliphatic carbocycles. The summed E-state index contributed by atoms with van der Waals surface area (Å²) in [6, 6.07) is 13.2. The molecule has 3 rings (SSSR count). The van der Waals surface area contributed by atoms with E-state index in [0.29, 0.717) is 23.7 Å². The van der Waals surface area contributed by atoms with Gasteiger partial charge in [0.2, 0.25) is 0 Å². The zero-order chi connectivity index (χ0) is 22.8. The number of halogens is 1. The lowest BCUT2D eigenvalue weighted by atomic mass is 10.1. The van der Waals surface area contributed by atoms with E-state index >= 15 is 0 Å². The van der Waals surface area contributed by atoms with Gasteiger partial charge in [0.25, 0.3) is 5.91 Å². The number of rotatable bonds is 5. The molecule has 6 nitrogen and oxygen atoms in total. The van der Waals surface area contributed by atoms with Crippen LogP contribution in [0.4, 0.5) is 21.9 Å². The number of anilines is 3. The van der Waals surface area contributed by atoms with Crippen LogP contribution in [-0.4, -0.2) is 49.7 Å². The Labute approximate surface area is 189 Å². The highest BCUT2D eigenvalue weighted by atomic mass is 35.5. The molecular weight excluding hydrogens is 414 g/mol. The number of unbranched alkanes of at least 4 members (excludes halogenated alkanes) is 1. The molecule has 1 aliphatic rings. The molecule has 0 fully saturated rings. The van der Waals surface area contributed by atoms with E-state index in [4.69, 9.17) is 16.3 Å². The molecule has 166 valence electrons. The van der Waals surface area contributed by atoms with Gasteiger partial charge in [0.05, 0.1) is 22.6 Å². The average Bonchev–Trinajstić information content (AvgIpc) is 2.78. The number of hydrogen-bond acceptors (Lipinski definition) is 4. The maximum atomic E-state index is 13.1. The van der Waals surface area contributed by atoms with Crippen LogP contribution in [0.25, 0.3) is 0 Å². The standard InChI is InChI=1S/C24H30ClN3O3/c1-24(2,3)31-23(30)26(4)14-8-9-15-28-20-11-7-6-10-19(20)27(5)22(29)18-13-12-17(25)16-21(18)28/h6-7,10-13,16H,8-9,14-15H2,1-5H3. The smallest absolute Gasteiger partial charge is 0.410 e. The molecule has 0 radical (unpaired) electrons. The van der Waals surface area contributed by atoms with Gasteiger partial charge in [-0.25, -0.2) is 4.79 Å². The number of ether oxygens (including phenoxy) is 1. The zero-order valence-electron chi connectivity index (χ0n) is 18.8. The van der Waals surface area contributed by atoms with Crippen molar-refractivity contribution in [1.29, 1.82) is 0 Å². The third kappa shape index (κ3) is 5.31. The Morgan fingerprint density at radius 1 is 1.06 bits per heavy atom. The molecule has 0 saturated carbocycles. The van der Waals surface area contributed by atoms with E-state index in [1.807, 2.05) is 51.1 Å². The van der Waals surface area contributed by atoms with Crippen molar-refractivity contribution >= 4 is 40.7 Å². The fraction of sp³-hybridized carbons (Fsp3) is 0.417. The van der Waals surface area contributed by atoms with Gasteiger partial charge in [-0.15, -0.1) is 0 Å². The lowest BCUT2D eigenvalue weighted by Gasteiger charge is -2.27. The molecule has 2 aromatic rings. The SMILES string of the molecule is CN(CCCCN1c2cc(Cl)ccc2C(=O)N(C)c2ccccc21)C(=O)OC(C)(C)C. The molecule has 1 heterocycles. The first kappa shape index (κ1) is 22.9. The monoisotopic (exact) mass is 443 g/mol. The van der Waals surface area contributed by atoms with E-state index in [0.717, 1.165) is 29.9 Å². The van der Waals surface area contributed by atoms with Gasteiger partial charge in [0.15, 0.2) is 0 Å². The minimum Gasteiger partial charge on any atom is -0.444 e. The third-order valence-corrected chi connectivity index (χ3v) is 5.39. The van der Waals surface area contributed by atoms with Crippen molar-refractivity contribution < 1.29 is 14.3 Å². The quantitative estimate of drug-likeness (QED) is 0.555. The summed E-state index contributed by atoms with van der Waals surface area (Å²) < 4.78 is 5.41. The van der Waals surface area contributed by atoms with Crippen LogP contribution >= 0.6 is 11.6 Å². The van der Waals surface area contributed by atoms with E-state index in [2.05, 4.69) is 4.90 Å². The number of para-hydroxylation sites is 2. The lowest BCUT2D eigenvalue weighted by molar-refractivity contribution is 0.0296. The highest BCUT2D eigenvalue weighted by molar-refractivity contribution is 6.31. The van der Waals surface area contributed by atoms with E-state index in [9.17, 15) is 9.59 Å². The van der Waals surface area contributed by atoms with Crippen LogP contribution in [0.1, 0.15) is 44.0 Å². The van der Waals surface area contributed by atoms with Crippen LogP contribution in [0.5, 0.6) is 0 Å². The van der Waals surface area contributed by atoms with Gasteiger partial charge < -0.3 is 19.4 Å². The van der Waals surface area contributed by atoms with E-state index in [1.54, 1.807) is 36.0 Å². The molecular formula is C24H30ClN3O3. The summed E-state index contributed by atoms with van der Waals surface area (Å²) in [5, 5.41) is 0.586. The second-order valence-corrected chi connectivity index (χ2v) is 9.21. The molecule has 0 atom stereocenters. The molecule has 2 aromatic carbocycles. The molecule has 2 amide bonds. The van der Waals surface area contributed by atoms with Crippen molar-refractivity contribution in [2.45, 2.75) is 39.2 Å². The summed E-state index contributed by atoms with van der Waals surface area (Å²) >= 11 is 6.29. The fourth-order valence-electron chi connectivity index (χ4n) is 3.60. The summed E-state index contributed by atoms with van der Waals surface area (Å²) in [5.41, 5.74) is 2.72. The molecule has 1 aliphatic heterocycles. The predicted molar refractivity (Wildman–Crippen MR) is 126 cm³/mol. The molecule has 0 N–H and O–H groups in total. The average molecular weight is 444 g/mol. The third-order valence-electron chi connectivity index (χ3n) is 5.15. The number of carbonyl (C=O) groups is 2. The van der Waals surface area contributed by atoms with Gasteiger partial charge in [-0.2, -0.15) is 0 Å². The molecule has 7 heteroatoms. The molecule has 0 bridgehead atoms. The van der Waals surface area contributed by atoms with Crippen LogP contribution < -0.4 is 9.80 Å². The van der Waals surface area contributed by atoms with E-state index in [-0.39, 0.29) is 12.0 Å². The van der Waals surface area contributed by atoms with Crippen molar-refractivity contribution in [3.63, 3.8) is 0 Å². The lowest BCUT2D eigenvalue weighted by Crippen LogP contribution is -2.35. The van der Waals surface area contributed by atoms with Crippen molar-refractivity contribution in [1.82, 2.24) is 4.90 Å². The first-order chi connectivity index (χ1) is 14.6. The molecule has 0 unspecified atom stereocenters. The molecule has 0 aromatic heterocycles. The summed E-state index contributed by atoms with van der Waals surface area (Å²) in [6.45, 7) is 6.85. The van der Waals surface area contributed by atoms with Crippen molar-refractivity contribution in [3.05, 3.63) is 53.1 Å². The van der Waals surface area contributed by atoms with Crippen molar-refractivity contribution in [2.24, 2.45) is 0 Å². The van der Waals surface area contributed by atoms with Crippen LogP contribution in [0.15, 0.2) is 42.5 Å². The topological polar surface area (TPSA) is 53.1 Å². The number of hydrogen-bond donors (Lipinski definition) is 0. The van der Waals surface area contributed by atoms with Crippen LogP contribution in [-0.2, 0) is 4.74 Å². The minimum atomic E-state index is -0.511. The first-order valence-electron chi connectivity index (χ1n) is 10.5. The van der Waals surface area contributed by atoms with Crippen molar-refractivity contribution in [2.75, 3.05) is 37.0 Å². The highest BCUT2D eigenvalue weighted by Crippen LogP contribution is 2.41. The maximum absolute atomic E-state index is 13.1. The summed E-state index contributed by atoms with van der Waals surface area (Å²) in [6.07, 6.45) is 1.30. The molecule has 31 heavy (non-hydrogen) atoms. The van der Waals surface area contributed by atoms with Crippen LogP contribution in [0, 0.1) is 0 Å². The number of amides is 2. The van der Waals surface area contributed by atoms with E-state index < -0.39 is 5.60 Å². The largest absolute Gasteiger partial charge is 0.444 e. The predicted octanol–water partition coefficient (Wildman–Crippen LogP) is 5.72. The van der Waals surface area contributed by atoms with Gasteiger partial charge in [-0.1, -0.05) is 23.7 Å². The second kappa shape index (κ2) is 9.18. The van der Waals surface area contributed by atoms with Gasteiger partial charge in [0.1, 0.15) is 5.60 Å². The number of benzene rings is 2. The van der Waals surface area contributed by atoms with E-state index in [1.165, 1.54) is 0 Å². The Morgan fingerprint density at radius 2 is 1.74 bits per heavy atom. The first-order valence-corrected chi connectivity index (χ1v) is 10.8. The van der Waals surface area contributed by atoms with Crippen LogP contribution in [0.2, 0.25) is 5.02 Å². The van der Waals surface area contributed by atoms with Gasteiger partial charge in [-0.3, -0.25) is 4.79 Å². The minimum absolute atomic E-state index is 0.0636. The second-order valence-electron chi connectivity index (χ2n) is 8.77. The van der Waals surface area contributed by atoms with Crippen molar-refractivity contribution in [3.8, 4) is 0 Å². The fourth-order valence-corrected chi connectivity index (χ4v) is 3.76. The molecule has 0 spiro atoms. The maximum Gasteiger partial charge on any atom is 0.410 e. The summed E-state index contributed by atoms with van der Waals surface area (Å²) in [4.78, 5) is 30.7. The Balaban J connectivity index is 1.77. The van der Waals surface area contributed by atoms with Crippen LogP contribution in [0.3, 0.4) is 0 Å². The Morgan fingerprint density at radius 3 is 2.42 bits per heavy atom. The highest BCUT2D eigenvalue weighted by Gasteiger charge is 2.28.